The first-order valence-electron chi connectivity index (χ1n) is 6.54. The molecule has 5 nitrogen and oxygen atoms in total. The lowest BCUT2D eigenvalue weighted by molar-refractivity contribution is -0.0204. The zero-order valence-corrected chi connectivity index (χ0v) is 11.6. The number of fused-ring (bicyclic) bond motifs is 1. The maximum atomic E-state index is 9.15. The first-order valence-corrected chi connectivity index (χ1v) is 7.52. The summed E-state index contributed by atoms with van der Waals surface area (Å²) in [6.45, 7) is 2.20. The zero-order valence-electron chi connectivity index (χ0n) is 10.8. The van der Waals surface area contributed by atoms with Crippen LogP contribution in [-0.4, -0.2) is 38.1 Å². The van der Waals surface area contributed by atoms with Crippen LogP contribution in [-0.2, 0) is 4.74 Å². The van der Waals surface area contributed by atoms with Gasteiger partial charge in [0.05, 0.1) is 18.1 Å². The Kier molecular flexibility index (Phi) is 3.72. The lowest BCUT2D eigenvalue weighted by Gasteiger charge is -2.14. The minimum Gasteiger partial charge on any atom is -0.394 e. The van der Waals surface area contributed by atoms with E-state index in [2.05, 4.69) is 16.9 Å². The van der Waals surface area contributed by atoms with Gasteiger partial charge < -0.3 is 14.4 Å². The van der Waals surface area contributed by atoms with Crippen LogP contribution in [0.3, 0.4) is 0 Å². The molecule has 0 aromatic carbocycles. The van der Waals surface area contributed by atoms with Gasteiger partial charge >= 0.3 is 0 Å². The lowest BCUT2D eigenvalue weighted by atomic mass is 10.2. The Morgan fingerprint density at radius 3 is 3.11 bits per heavy atom. The van der Waals surface area contributed by atoms with Crippen LogP contribution in [0.2, 0.25) is 0 Å². The monoisotopic (exact) mass is 279 g/mol. The highest BCUT2D eigenvalue weighted by atomic mass is 32.2. The van der Waals surface area contributed by atoms with Crippen LogP contribution in [0.25, 0.3) is 11.0 Å². The maximum absolute atomic E-state index is 9.15. The van der Waals surface area contributed by atoms with E-state index in [1.54, 1.807) is 18.1 Å². The number of ether oxygens (including phenoxy) is 1. The van der Waals surface area contributed by atoms with Crippen molar-refractivity contribution in [3.8, 4) is 0 Å². The Labute approximate surface area is 116 Å². The third-order valence-electron chi connectivity index (χ3n) is 3.35. The van der Waals surface area contributed by atoms with Crippen LogP contribution in [0.1, 0.15) is 26.0 Å². The minimum atomic E-state index is -0.0474. The number of aromatic nitrogens is 3. The van der Waals surface area contributed by atoms with Crippen molar-refractivity contribution >= 4 is 22.8 Å². The molecular formula is C13H17N3O2S. The van der Waals surface area contributed by atoms with Crippen molar-refractivity contribution in [1.29, 1.82) is 0 Å². The molecule has 102 valence electrons. The molecule has 3 heterocycles. The quantitative estimate of drug-likeness (QED) is 0.687. The Morgan fingerprint density at radius 2 is 2.37 bits per heavy atom. The fraction of sp³-hybridized carbons (Fsp3) is 0.538. The van der Waals surface area contributed by atoms with Gasteiger partial charge in [0.25, 0.3) is 0 Å². The van der Waals surface area contributed by atoms with Crippen LogP contribution in [0.4, 0.5) is 0 Å². The number of hydrogen-bond donors (Lipinski definition) is 1. The standard InChI is InChI=1S/C13H17N3O2S/c1-2-19-13-10-5-6-16(12(10)14-8-15-13)11-4-3-9(7-17)18-11/h5-6,8-9,11,17H,2-4,7H2,1H3. The van der Waals surface area contributed by atoms with Crippen LogP contribution in [0.15, 0.2) is 23.6 Å². The summed E-state index contributed by atoms with van der Waals surface area (Å²) in [5, 5.41) is 11.2. The van der Waals surface area contributed by atoms with Gasteiger partial charge in [0.1, 0.15) is 23.2 Å². The first kappa shape index (κ1) is 12.9. The van der Waals surface area contributed by atoms with E-state index >= 15 is 0 Å². The van der Waals surface area contributed by atoms with Gasteiger partial charge in [0, 0.05) is 6.20 Å². The summed E-state index contributed by atoms with van der Waals surface area (Å²) in [6.07, 6.45) is 5.34. The van der Waals surface area contributed by atoms with Crippen molar-refractivity contribution < 1.29 is 9.84 Å². The predicted octanol–water partition coefficient (Wildman–Crippen LogP) is 2.21. The van der Waals surface area contributed by atoms with Gasteiger partial charge in [0.2, 0.25) is 0 Å². The third kappa shape index (κ3) is 2.35. The van der Waals surface area contributed by atoms with E-state index in [1.807, 2.05) is 16.8 Å². The van der Waals surface area contributed by atoms with E-state index in [0.717, 1.165) is 34.7 Å². The molecule has 0 saturated carbocycles. The average molecular weight is 279 g/mol. The largest absolute Gasteiger partial charge is 0.394 e. The van der Waals surface area contributed by atoms with Gasteiger partial charge in [-0.05, 0) is 24.7 Å². The fourth-order valence-corrected chi connectivity index (χ4v) is 3.17. The molecule has 1 aliphatic rings. The van der Waals surface area contributed by atoms with Crippen molar-refractivity contribution in [3.05, 3.63) is 18.6 Å². The molecule has 3 rings (SSSR count). The van der Waals surface area contributed by atoms with Crippen LogP contribution in [0.5, 0.6) is 0 Å². The summed E-state index contributed by atoms with van der Waals surface area (Å²) in [6, 6.07) is 2.04. The number of rotatable bonds is 4. The van der Waals surface area contributed by atoms with E-state index < -0.39 is 0 Å². The third-order valence-corrected chi connectivity index (χ3v) is 4.24. The van der Waals surface area contributed by atoms with E-state index in [1.165, 1.54) is 0 Å². The first-order chi connectivity index (χ1) is 9.33. The van der Waals surface area contributed by atoms with Crippen molar-refractivity contribution in [2.24, 2.45) is 0 Å². The molecule has 6 heteroatoms. The summed E-state index contributed by atoms with van der Waals surface area (Å²) >= 11 is 1.72. The summed E-state index contributed by atoms with van der Waals surface area (Å²) in [5.74, 6) is 0.990. The van der Waals surface area contributed by atoms with Crippen molar-refractivity contribution in [1.82, 2.24) is 14.5 Å². The second-order valence-electron chi connectivity index (χ2n) is 4.54. The molecule has 1 saturated heterocycles. The highest BCUT2D eigenvalue weighted by Crippen LogP contribution is 2.32. The summed E-state index contributed by atoms with van der Waals surface area (Å²) in [4.78, 5) is 8.70. The molecule has 0 spiro atoms. The number of aliphatic hydroxyl groups is 1. The molecule has 0 amide bonds. The number of nitrogens with zero attached hydrogens (tertiary/aromatic N) is 3. The van der Waals surface area contributed by atoms with E-state index in [4.69, 9.17) is 9.84 Å². The zero-order chi connectivity index (χ0) is 13.2. The summed E-state index contributed by atoms with van der Waals surface area (Å²) in [7, 11) is 0. The van der Waals surface area contributed by atoms with Crippen molar-refractivity contribution in [3.63, 3.8) is 0 Å². The molecule has 0 aliphatic carbocycles. The molecule has 1 fully saturated rings. The van der Waals surface area contributed by atoms with Crippen molar-refractivity contribution in [2.75, 3.05) is 12.4 Å². The topological polar surface area (TPSA) is 60.2 Å². The van der Waals surface area contributed by atoms with E-state index in [0.29, 0.717) is 0 Å². The highest BCUT2D eigenvalue weighted by Gasteiger charge is 2.27. The second-order valence-corrected chi connectivity index (χ2v) is 5.80. The molecule has 2 aromatic rings. The van der Waals surface area contributed by atoms with Gasteiger partial charge in [0.15, 0.2) is 0 Å². The summed E-state index contributed by atoms with van der Waals surface area (Å²) < 4.78 is 7.86. The molecule has 2 aromatic heterocycles. The Bertz CT molecular complexity index is 572. The van der Waals surface area contributed by atoms with Crippen LogP contribution in [0, 0.1) is 0 Å². The molecule has 2 unspecified atom stereocenters. The van der Waals surface area contributed by atoms with E-state index in [-0.39, 0.29) is 18.9 Å². The Hall–Kier alpha value is -1.11. The van der Waals surface area contributed by atoms with Gasteiger partial charge in [-0.1, -0.05) is 6.92 Å². The maximum Gasteiger partial charge on any atom is 0.146 e. The lowest BCUT2D eigenvalue weighted by Crippen LogP contribution is -2.14. The number of aliphatic hydroxyl groups excluding tert-OH is 1. The second kappa shape index (κ2) is 5.48. The van der Waals surface area contributed by atoms with Gasteiger partial charge in [-0.25, -0.2) is 9.97 Å². The SMILES string of the molecule is CCSc1ncnc2c1ccn2C1CCC(CO)O1. The van der Waals surface area contributed by atoms with Gasteiger partial charge in [-0.15, -0.1) is 11.8 Å². The molecule has 0 bridgehead atoms. The Morgan fingerprint density at radius 1 is 1.47 bits per heavy atom. The van der Waals surface area contributed by atoms with Gasteiger partial charge in [-0.3, -0.25) is 0 Å². The van der Waals surface area contributed by atoms with Gasteiger partial charge in [-0.2, -0.15) is 0 Å². The van der Waals surface area contributed by atoms with Crippen molar-refractivity contribution in [2.45, 2.75) is 37.1 Å². The molecular weight excluding hydrogens is 262 g/mol. The normalized spacial score (nSPS) is 23.3. The van der Waals surface area contributed by atoms with Crippen LogP contribution < -0.4 is 0 Å². The molecule has 19 heavy (non-hydrogen) atoms. The highest BCUT2D eigenvalue weighted by molar-refractivity contribution is 7.99. The molecule has 1 N–H and O–H groups in total. The van der Waals surface area contributed by atoms with E-state index in [9.17, 15) is 0 Å². The fourth-order valence-electron chi connectivity index (χ4n) is 2.46. The smallest absolute Gasteiger partial charge is 0.146 e. The average Bonchev–Trinajstić information content (AvgIpc) is 3.05. The Balaban J connectivity index is 1.95. The molecule has 2 atom stereocenters. The van der Waals surface area contributed by atoms with Crippen LogP contribution >= 0.6 is 11.8 Å². The molecule has 1 aliphatic heterocycles. The number of thioether (sulfide) groups is 1. The number of hydrogen-bond acceptors (Lipinski definition) is 5. The minimum absolute atomic E-state index is 0.0240. The summed E-state index contributed by atoms with van der Waals surface area (Å²) in [5.41, 5.74) is 0.912. The molecule has 0 radical (unpaired) electrons. The predicted molar refractivity (Wildman–Crippen MR) is 74.2 cm³/mol.